The summed E-state index contributed by atoms with van der Waals surface area (Å²) < 4.78 is 35.3. The van der Waals surface area contributed by atoms with Crippen molar-refractivity contribution in [3.63, 3.8) is 0 Å². The Morgan fingerprint density at radius 1 is 0.600 bits per heavy atom. The molecule has 148 valence electrons. The Kier molecular flexibility index (Phi) is 5.61. The van der Waals surface area contributed by atoms with Crippen LogP contribution in [0, 0.1) is 0 Å². The van der Waals surface area contributed by atoms with Crippen LogP contribution in [0.5, 0.6) is 0 Å². The molecule has 0 aromatic heterocycles. The third kappa shape index (κ3) is 4.25. The fourth-order valence-electron chi connectivity index (χ4n) is 3.51. The van der Waals surface area contributed by atoms with Gasteiger partial charge in [0.2, 0.25) is 0 Å². The van der Waals surface area contributed by atoms with Gasteiger partial charge < -0.3 is 0 Å². The molecule has 0 atom stereocenters. The van der Waals surface area contributed by atoms with Gasteiger partial charge >= 0.3 is 0 Å². The quantitative estimate of drug-likeness (QED) is 0.303. The average Bonchev–Trinajstić information content (AvgIpc) is 2.78. The van der Waals surface area contributed by atoms with Gasteiger partial charge in [-0.1, -0.05) is 115 Å². The summed E-state index contributed by atoms with van der Waals surface area (Å²) in [6.07, 6.45) is 3.56. The summed E-state index contributed by atoms with van der Waals surface area (Å²) in [6, 6.07) is 32.1. The molecule has 0 bridgehead atoms. The molecule has 1 N–H and O–H groups in total. The smallest absolute Gasteiger partial charge is 0.282 e. The predicted octanol–water partition coefficient (Wildman–Crippen LogP) is 6.44. The van der Waals surface area contributed by atoms with Crippen LogP contribution in [0.1, 0.15) is 11.1 Å². The summed E-state index contributed by atoms with van der Waals surface area (Å²) >= 11 is 0. The van der Waals surface area contributed by atoms with E-state index >= 15 is 0 Å². The minimum Gasteiger partial charge on any atom is -0.282 e. The van der Waals surface area contributed by atoms with Gasteiger partial charge in [-0.25, -0.2) is 0 Å². The minimum absolute atomic E-state index is 0.0952. The molecule has 4 aromatic carbocycles. The van der Waals surface area contributed by atoms with Crippen LogP contribution in [0.15, 0.2) is 108 Å². The molecule has 0 aliphatic heterocycles. The van der Waals surface area contributed by atoms with Crippen molar-refractivity contribution in [2.24, 2.45) is 0 Å². The van der Waals surface area contributed by atoms with Crippen LogP contribution >= 0.6 is 0 Å². The summed E-state index contributed by atoms with van der Waals surface area (Å²) in [5.74, 6) is 0. The molecule has 4 aromatic rings. The zero-order valence-corrected chi connectivity index (χ0v) is 17.0. The Morgan fingerprint density at radius 3 is 1.70 bits per heavy atom. The Balaban J connectivity index is 2.01. The zero-order valence-electron chi connectivity index (χ0n) is 16.1. The fraction of sp³-hybridized carbons (Fsp3) is 0. The first-order chi connectivity index (χ1) is 14.5. The Bertz CT molecular complexity index is 1280. The van der Waals surface area contributed by atoms with E-state index in [1.165, 1.54) is 0 Å². The highest BCUT2D eigenvalue weighted by Crippen LogP contribution is 2.39. The molecule has 30 heavy (non-hydrogen) atoms. The molecule has 0 amide bonds. The lowest BCUT2D eigenvalue weighted by molar-refractivity contribution is 0.483. The molecule has 0 saturated heterocycles. The summed E-state index contributed by atoms with van der Waals surface area (Å²) in [5, 5.41) is 0. The SMILES string of the molecule is O=S(=O)(O)c1c(C=Cc2ccccc2)ccc(-c2ccccc2)c1-c1ccccc1. The number of hydrogen-bond acceptors (Lipinski definition) is 2. The van der Waals surface area contributed by atoms with Crippen molar-refractivity contribution in [3.8, 4) is 22.3 Å². The molecule has 0 heterocycles. The Hall–Kier alpha value is -3.47. The topological polar surface area (TPSA) is 54.4 Å². The summed E-state index contributed by atoms with van der Waals surface area (Å²) in [4.78, 5) is -0.0952. The minimum atomic E-state index is -4.50. The van der Waals surface area contributed by atoms with E-state index in [4.69, 9.17) is 0 Å². The lowest BCUT2D eigenvalue weighted by Crippen LogP contribution is -2.05. The summed E-state index contributed by atoms with van der Waals surface area (Å²) in [7, 11) is -4.50. The normalized spacial score (nSPS) is 11.6. The molecule has 0 spiro atoms. The number of hydrogen-bond donors (Lipinski definition) is 1. The van der Waals surface area contributed by atoms with Gasteiger partial charge in [0.25, 0.3) is 10.1 Å². The van der Waals surface area contributed by atoms with Crippen molar-refractivity contribution in [1.29, 1.82) is 0 Å². The van der Waals surface area contributed by atoms with Gasteiger partial charge in [0.15, 0.2) is 0 Å². The standard InChI is InChI=1S/C26H20O3S/c27-30(28,29)26-23(17-16-20-10-4-1-5-11-20)18-19-24(21-12-6-2-7-13-21)25(26)22-14-8-3-9-15-22/h1-19H,(H,27,28,29). The lowest BCUT2D eigenvalue weighted by Gasteiger charge is -2.16. The molecular weight excluding hydrogens is 392 g/mol. The molecule has 0 aliphatic carbocycles. The van der Waals surface area contributed by atoms with Crippen molar-refractivity contribution in [2.75, 3.05) is 0 Å². The maximum Gasteiger partial charge on any atom is 0.295 e. The highest BCUT2D eigenvalue weighted by Gasteiger charge is 2.24. The second-order valence-corrected chi connectivity index (χ2v) is 8.22. The van der Waals surface area contributed by atoms with Crippen molar-refractivity contribution in [3.05, 3.63) is 114 Å². The van der Waals surface area contributed by atoms with E-state index in [0.717, 1.165) is 22.3 Å². The number of benzene rings is 4. The first-order valence-electron chi connectivity index (χ1n) is 9.52. The van der Waals surface area contributed by atoms with Crippen LogP contribution in [0.2, 0.25) is 0 Å². The van der Waals surface area contributed by atoms with Crippen molar-refractivity contribution in [1.82, 2.24) is 0 Å². The van der Waals surface area contributed by atoms with Crippen molar-refractivity contribution >= 4 is 22.3 Å². The van der Waals surface area contributed by atoms with Crippen molar-refractivity contribution in [2.45, 2.75) is 4.90 Å². The third-order valence-corrected chi connectivity index (χ3v) is 5.80. The molecule has 0 fully saturated rings. The Morgan fingerprint density at radius 2 is 1.13 bits per heavy atom. The molecule has 0 radical (unpaired) electrons. The number of rotatable bonds is 5. The third-order valence-electron chi connectivity index (χ3n) is 4.85. The van der Waals surface area contributed by atoms with E-state index in [1.54, 1.807) is 12.1 Å². The van der Waals surface area contributed by atoms with E-state index < -0.39 is 10.1 Å². The second-order valence-electron chi connectivity index (χ2n) is 6.86. The van der Waals surface area contributed by atoms with Gasteiger partial charge in [-0.3, -0.25) is 4.55 Å². The highest BCUT2D eigenvalue weighted by atomic mass is 32.2. The highest BCUT2D eigenvalue weighted by molar-refractivity contribution is 7.86. The maximum absolute atomic E-state index is 12.6. The Labute approximate surface area is 176 Å². The predicted molar refractivity (Wildman–Crippen MR) is 122 cm³/mol. The molecular formula is C26H20O3S. The van der Waals surface area contributed by atoms with E-state index in [9.17, 15) is 13.0 Å². The first kappa shape index (κ1) is 19.8. The summed E-state index contributed by atoms with van der Waals surface area (Å²) in [5.41, 5.74) is 4.19. The van der Waals surface area contributed by atoms with Gasteiger partial charge in [0.1, 0.15) is 4.90 Å². The van der Waals surface area contributed by atoms with E-state index in [1.807, 2.05) is 103 Å². The van der Waals surface area contributed by atoms with E-state index in [-0.39, 0.29) is 4.90 Å². The van der Waals surface area contributed by atoms with Crippen LogP contribution in [0.4, 0.5) is 0 Å². The van der Waals surface area contributed by atoms with Gasteiger partial charge in [0, 0.05) is 5.56 Å². The van der Waals surface area contributed by atoms with Crippen LogP contribution < -0.4 is 0 Å². The molecule has 0 unspecified atom stereocenters. The summed E-state index contributed by atoms with van der Waals surface area (Å²) in [6.45, 7) is 0. The lowest BCUT2D eigenvalue weighted by atomic mass is 9.92. The molecule has 0 saturated carbocycles. The van der Waals surface area contributed by atoms with Gasteiger partial charge in [-0.15, -0.1) is 0 Å². The molecule has 4 rings (SSSR count). The van der Waals surface area contributed by atoms with Crippen LogP contribution in [0.3, 0.4) is 0 Å². The van der Waals surface area contributed by atoms with Crippen LogP contribution in [0.25, 0.3) is 34.4 Å². The average molecular weight is 413 g/mol. The van der Waals surface area contributed by atoms with Crippen LogP contribution in [-0.4, -0.2) is 13.0 Å². The second kappa shape index (κ2) is 8.49. The fourth-order valence-corrected chi connectivity index (χ4v) is 4.43. The van der Waals surface area contributed by atoms with E-state index in [0.29, 0.717) is 11.1 Å². The zero-order chi connectivity index (χ0) is 21.0. The monoisotopic (exact) mass is 412 g/mol. The van der Waals surface area contributed by atoms with Gasteiger partial charge in [-0.05, 0) is 27.8 Å². The van der Waals surface area contributed by atoms with Gasteiger partial charge in [0.05, 0.1) is 0 Å². The molecule has 0 aliphatic rings. The van der Waals surface area contributed by atoms with Crippen molar-refractivity contribution < 1.29 is 13.0 Å². The maximum atomic E-state index is 12.6. The van der Waals surface area contributed by atoms with Gasteiger partial charge in [-0.2, -0.15) is 8.42 Å². The molecule has 4 heteroatoms. The largest absolute Gasteiger partial charge is 0.295 e. The molecule has 3 nitrogen and oxygen atoms in total. The van der Waals surface area contributed by atoms with Crippen LogP contribution in [-0.2, 0) is 10.1 Å². The van der Waals surface area contributed by atoms with E-state index in [2.05, 4.69) is 0 Å². The first-order valence-corrected chi connectivity index (χ1v) is 11.0.